The molecule has 0 spiro atoms. The summed E-state index contributed by atoms with van der Waals surface area (Å²) in [5.74, 6) is -0.0323. The molecule has 2 saturated heterocycles. The first-order valence-corrected chi connectivity index (χ1v) is 8.34. The third kappa shape index (κ3) is 4.15. The summed E-state index contributed by atoms with van der Waals surface area (Å²) >= 11 is 0. The standard InChI is InChI=1S/C17H24FN3O3/c1-23-16-3-2-14(12-15(16)18)13-20-6-4-19(5-7-20)8-9-21-10-11-24-17(21)22/h2-3,12H,4-11,13H2,1H3. The number of amides is 1. The first-order valence-electron chi connectivity index (χ1n) is 8.34. The molecule has 132 valence electrons. The summed E-state index contributed by atoms with van der Waals surface area (Å²) in [6.07, 6.45) is -0.199. The minimum atomic E-state index is -0.314. The number of hydrogen-bond acceptors (Lipinski definition) is 5. The fourth-order valence-corrected chi connectivity index (χ4v) is 3.13. The molecule has 7 heteroatoms. The van der Waals surface area contributed by atoms with E-state index in [9.17, 15) is 9.18 Å². The summed E-state index contributed by atoms with van der Waals surface area (Å²) in [4.78, 5) is 17.8. The van der Waals surface area contributed by atoms with Crippen LogP contribution in [0.1, 0.15) is 5.56 Å². The molecule has 0 unspecified atom stereocenters. The highest BCUT2D eigenvalue weighted by Gasteiger charge is 2.23. The van der Waals surface area contributed by atoms with E-state index in [0.29, 0.717) is 13.2 Å². The summed E-state index contributed by atoms with van der Waals surface area (Å²) < 4.78 is 23.6. The number of cyclic esters (lactones) is 1. The first kappa shape index (κ1) is 17.0. The van der Waals surface area contributed by atoms with Crippen LogP contribution >= 0.6 is 0 Å². The van der Waals surface area contributed by atoms with Gasteiger partial charge in [0.2, 0.25) is 0 Å². The molecule has 24 heavy (non-hydrogen) atoms. The lowest BCUT2D eigenvalue weighted by atomic mass is 10.2. The lowest BCUT2D eigenvalue weighted by molar-refractivity contribution is 0.116. The van der Waals surface area contributed by atoms with Gasteiger partial charge in [-0.15, -0.1) is 0 Å². The van der Waals surface area contributed by atoms with Crippen LogP contribution < -0.4 is 4.74 Å². The molecule has 1 aromatic rings. The van der Waals surface area contributed by atoms with Crippen LogP contribution in [0.15, 0.2) is 18.2 Å². The van der Waals surface area contributed by atoms with Crippen molar-refractivity contribution >= 4 is 6.09 Å². The fraction of sp³-hybridized carbons (Fsp3) is 0.588. The average molecular weight is 337 g/mol. The first-order chi connectivity index (χ1) is 11.7. The molecule has 0 aliphatic carbocycles. The Labute approximate surface area is 141 Å². The van der Waals surface area contributed by atoms with Gasteiger partial charge < -0.3 is 14.4 Å². The summed E-state index contributed by atoms with van der Waals surface area (Å²) in [5, 5.41) is 0. The van der Waals surface area contributed by atoms with Gasteiger partial charge in [-0.2, -0.15) is 0 Å². The summed E-state index contributed by atoms with van der Waals surface area (Å²) in [7, 11) is 1.47. The largest absolute Gasteiger partial charge is 0.494 e. The molecule has 0 aromatic heterocycles. The van der Waals surface area contributed by atoms with E-state index in [2.05, 4.69) is 9.80 Å². The maximum Gasteiger partial charge on any atom is 0.409 e. The van der Waals surface area contributed by atoms with Crippen molar-refractivity contribution in [3.63, 3.8) is 0 Å². The number of carbonyl (C=O) groups excluding carboxylic acids is 1. The molecule has 0 N–H and O–H groups in total. The lowest BCUT2D eigenvalue weighted by Crippen LogP contribution is -2.48. The number of ether oxygens (including phenoxy) is 2. The van der Waals surface area contributed by atoms with Gasteiger partial charge in [-0.25, -0.2) is 9.18 Å². The zero-order chi connectivity index (χ0) is 16.9. The van der Waals surface area contributed by atoms with Gasteiger partial charge in [0.05, 0.1) is 13.7 Å². The van der Waals surface area contributed by atoms with Crippen molar-refractivity contribution in [1.29, 1.82) is 0 Å². The molecule has 1 aromatic carbocycles. The fourth-order valence-electron chi connectivity index (χ4n) is 3.13. The van der Waals surface area contributed by atoms with Crippen molar-refractivity contribution in [2.24, 2.45) is 0 Å². The number of benzene rings is 1. The van der Waals surface area contributed by atoms with Crippen molar-refractivity contribution in [2.75, 3.05) is 59.5 Å². The Balaban J connectivity index is 1.42. The highest BCUT2D eigenvalue weighted by molar-refractivity contribution is 5.69. The highest BCUT2D eigenvalue weighted by Crippen LogP contribution is 2.19. The monoisotopic (exact) mass is 337 g/mol. The molecule has 0 radical (unpaired) electrons. The average Bonchev–Trinajstić information content (AvgIpc) is 2.99. The minimum Gasteiger partial charge on any atom is -0.494 e. The second-order valence-electron chi connectivity index (χ2n) is 6.19. The zero-order valence-electron chi connectivity index (χ0n) is 14.0. The topological polar surface area (TPSA) is 45.2 Å². The molecule has 2 fully saturated rings. The molecule has 2 heterocycles. The maximum absolute atomic E-state index is 13.8. The van der Waals surface area contributed by atoms with Crippen LogP contribution in [0.4, 0.5) is 9.18 Å². The second-order valence-corrected chi connectivity index (χ2v) is 6.19. The zero-order valence-corrected chi connectivity index (χ0v) is 14.0. The lowest BCUT2D eigenvalue weighted by Gasteiger charge is -2.35. The molecule has 2 aliphatic rings. The van der Waals surface area contributed by atoms with Gasteiger partial charge in [0.15, 0.2) is 11.6 Å². The van der Waals surface area contributed by atoms with Crippen LogP contribution in [0.3, 0.4) is 0 Å². The molecule has 0 atom stereocenters. The molecule has 0 bridgehead atoms. The van der Waals surface area contributed by atoms with E-state index in [0.717, 1.165) is 51.4 Å². The smallest absolute Gasteiger partial charge is 0.409 e. The van der Waals surface area contributed by atoms with E-state index < -0.39 is 0 Å². The van der Waals surface area contributed by atoms with Gasteiger partial charge in [0, 0.05) is 45.8 Å². The van der Waals surface area contributed by atoms with E-state index in [-0.39, 0.29) is 17.7 Å². The predicted octanol–water partition coefficient (Wildman–Crippen LogP) is 1.40. The van der Waals surface area contributed by atoms with E-state index in [1.807, 2.05) is 6.07 Å². The van der Waals surface area contributed by atoms with Gasteiger partial charge in [-0.05, 0) is 17.7 Å². The molecule has 1 amide bonds. The normalized spacial score (nSPS) is 19.6. The SMILES string of the molecule is COc1ccc(CN2CCN(CCN3CCOC3=O)CC2)cc1F. The summed E-state index contributed by atoms with van der Waals surface area (Å²) in [5.41, 5.74) is 0.960. The number of rotatable bonds is 6. The molecular formula is C17H24FN3O3. The Kier molecular flexibility index (Phi) is 5.52. The Morgan fingerprint density at radius 2 is 1.88 bits per heavy atom. The van der Waals surface area contributed by atoms with E-state index >= 15 is 0 Å². The molecule has 2 aliphatic heterocycles. The maximum atomic E-state index is 13.8. The number of halogens is 1. The minimum absolute atomic E-state index is 0.199. The van der Waals surface area contributed by atoms with Crippen LogP contribution in [0.2, 0.25) is 0 Å². The Morgan fingerprint density at radius 3 is 2.50 bits per heavy atom. The number of methoxy groups -OCH3 is 1. The Hall–Kier alpha value is -1.86. The van der Waals surface area contributed by atoms with Crippen molar-refractivity contribution in [3.8, 4) is 5.75 Å². The third-order valence-corrected chi connectivity index (χ3v) is 4.62. The van der Waals surface area contributed by atoms with E-state index in [1.165, 1.54) is 7.11 Å². The van der Waals surface area contributed by atoms with Crippen LogP contribution in [-0.2, 0) is 11.3 Å². The van der Waals surface area contributed by atoms with Crippen LogP contribution in [0.25, 0.3) is 0 Å². The molecular weight excluding hydrogens is 313 g/mol. The number of nitrogens with zero attached hydrogens (tertiary/aromatic N) is 3. The Bertz CT molecular complexity index is 576. The molecule has 6 nitrogen and oxygen atoms in total. The van der Waals surface area contributed by atoms with Gasteiger partial charge in [0.1, 0.15) is 6.61 Å². The number of carbonyl (C=O) groups is 1. The molecule has 0 saturated carbocycles. The van der Waals surface area contributed by atoms with Crippen molar-refractivity contribution in [1.82, 2.24) is 14.7 Å². The quantitative estimate of drug-likeness (QED) is 0.785. The Morgan fingerprint density at radius 1 is 1.12 bits per heavy atom. The third-order valence-electron chi connectivity index (χ3n) is 4.62. The second kappa shape index (κ2) is 7.81. The highest BCUT2D eigenvalue weighted by atomic mass is 19.1. The number of piperazine rings is 1. The summed E-state index contributed by atoms with van der Waals surface area (Å²) in [6, 6.07) is 5.13. The predicted molar refractivity (Wildman–Crippen MR) is 87.6 cm³/mol. The van der Waals surface area contributed by atoms with Gasteiger partial charge in [-0.3, -0.25) is 9.80 Å². The van der Waals surface area contributed by atoms with Gasteiger partial charge in [0.25, 0.3) is 0 Å². The van der Waals surface area contributed by atoms with Gasteiger partial charge in [-0.1, -0.05) is 6.07 Å². The summed E-state index contributed by atoms with van der Waals surface area (Å²) in [6.45, 7) is 7.35. The van der Waals surface area contributed by atoms with Crippen molar-refractivity contribution in [3.05, 3.63) is 29.6 Å². The van der Waals surface area contributed by atoms with E-state index in [4.69, 9.17) is 9.47 Å². The van der Waals surface area contributed by atoms with Crippen LogP contribution in [-0.4, -0.2) is 80.3 Å². The molecule has 3 rings (SSSR count). The van der Waals surface area contributed by atoms with E-state index in [1.54, 1.807) is 17.0 Å². The van der Waals surface area contributed by atoms with Crippen molar-refractivity contribution in [2.45, 2.75) is 6.54 Å². The van der Waals surface area contributed by atoms with Crippen LogP contribution in [0.5, 0.6) is 5.75 Å². The van der Waals surface area contributed by atoms with Crippen molar-refractivity contribution < 1.29 is 18.7 Å². The van der Waals surface area contributed by atoms with Crippen LogP contribution in [0, 0.1) is 5.82 Å². The number of hydrogen-bond donors (Lipinski definition) is 0. The van der Waals surface area contributed by atoms with Gasteiger partial charge >= 0.3 is 6.09 Å².